The lowest BCUT2D eigenvalue weighted by Gasteiger charge is -2.10. The summed E-state index contributed by atoms with van der Waals surface area (Å²) in [5.74, 6) is -14.8. The molecule has 5 aliphatic rings. The molecule has 5 aliphatic heterocycles. The lowest BCUT2D eigenvalue weighted by atomic mass is 9.94. The van der Waals surface area contributed by atoms with Crippen LogP contribution in [0.1, 0.15) is 11.1 Å². The first-order valence-corrected chi connectivity index (χ1v) is 11.8. The molecule has 5 heterocycles. The Labute approximate surface area is 225 Å². The van der Waals surface area contributed by atoms with Crippen molar-refractivity contribution < 1.29 is 35.1 Å². The third kappa shape index (κ3) is 3.97. The maximum atomic E-state index is 16.0. The number of hydrogen-bond donors (Lipinski definition) is 0. The van der Waals surface area contributed by atoms with Crippen LogP contribution in [0.25, 0.3) is 5.57 Å². The molecule has 0 saturated heterocycles. The van der Waals surface area contributed by atoms with Crippen LogP contribution in [0.4, 0.5) is 35.1 Å². The number of benzene rings is 1. The third-order valence-corrected chi connectivity index (χ3v) is 6.44. The zero-order valence-electron chi connectivity index (χ0n) is 20.3. The largest absolute Gasteiger partial charge is 0.246 e. The lowest BCUT2D eigenvalue weighted by molar-refractivity contribution is 0.559. The maximum Gasteiger partial charge on any atom is 0.189 e. The Balaban J connectivity index is 1.68. The SMILES string of the molecule is C=CCc1ccccc1C1=C(F)C2=C(F)C3=NC(=C(F)C4=NC(=C(F)C5=NC(=CC1=N2)C=C5)C(F)=C4F)C(F)=C3F. The van der Waals surface area contributed by atoms with Gasteiger partial charge in [0.1, 0.15) is 34.2 Å². The van der Waals surface area contributed by atoms with E-state index < -0.39 is 80.8 Å². The monoisotopic (exact) mass is 568 g/mol. The normalized spacial score (nSPS) is 20.4. The van der Waals surface area contributed by atoms with E-state index in [1.54, 1.807) is 24.3 Å². The van der Waals surface area contributed by atoms with Crippen molar-refractivity contribution in [2.75, 3.05) is 0 Å². The molecular formula is C29H12F8N4. The fourth-order valence-corrected chi connectivity index (χ4v) is 4.54. The summed E-state index contributed by atoms with van der Waals surface area (Å²) in [5, 5.41) is 0. The van der Waals surface area contributed by atoms with Gasteiger partial charge in [0.15, 0.2) is 46.6 Å². The minimum atomic E-state index is -2.09. The summed E-state index contributed by atoms with van der Waals surface area (Å²) in [5.41, 5.74) is -7.32. The molecule has 0 fully saturated rings. The average molecular weight is 568 g/mol. The molecule has 0 unspecified atom stereocenters. The summed E-state index contributed by atoms with van der Waals surface area (Å²) < 4.78 is 121. The fourth-order valence-electron chi connectivity index (χ4n) is 4.54. The van der Waals surface area contributed by atoms with Gasteiger partial charge in [-0.25, -0.2) is 55.1 Å². The van der Waals surface area contributed by atoms with Crippen molar-refractivity contribution in [3.63, 3.8) is 0 Å². The second-order valence-electron chi connectivity index (χ2n) is 8.90. The maximum absolute atomic E-state index is 16.0. The Morgan fingerprint density at radius 3 is 1.80 bits per heavy atom. The number of hydrogen-bond acceptors (Lipinski definition) is 4. The van der Waals surface area contributed by atoms with E-state index in [9.17, 15) is 17.6 Å². The van der Waals surface area contributed by atoms with Crippen LogP contribution < -0.4 is 0 Å². The van der Waals surface area contributed by atoms with Crippen LogP contribution in [0.3, 0.4) is 0 Å². The zero-order chi connectivity index (χ0) is 29.2. The predicted octanol–water partition coefficient (Wildman–Crippen LogP) is 8.21. The number of halogens is 8. The number of allylic oxidation sites excluding steroid dienone is 13. The highest BCUT2D eigenvalue weighted by molar-refractivity contribution is 6.33. The highest BCUT2D eigenvalue weighted by Crippen LogP contribution is 2.43. The molecule has 0 saturated carbocycles. The highest BCUT2D eigenvalue weighted by Gasteiger charge is 2.39. The van der Waals surface area contributed by atoms with Crippen LogP contribution in [-0.4, -0.2) is 22.8 Å². The van der Waals surface area contributed by atoms with Crippen molar-refractivity contribution in [2.45, 2.75) is 6.42 Å². The van der Waals surface area contributed by atoms with Crippen LogP contribution in [0.15, 0.2) is 145 Å². The van der Waals surface area contributed by atoms with Gasteiger partial charge >= 0.3 is 0 Å². The van der Waals surface area contributed by atoms with Crippen LogP contribution in [0, 0.1) is 0 Å². The minimum absolute atomic E-state index is 0.0643. The minimum Gasteiger partial charge on any atom is -0.246 e. The van der Waals surface area contributed by atoms with E-state index in [2.05, 4.69) is 26.5 Å². The number of nitrogens with zero attached hydrogens (tertiary/aromatic N) is 4. The van der Waals surface area contributed by atoms with Gasteiger partial charge in [0, 0.05) is 5.57 Å². The summed E-state index contributed by atoms with van der Waals surface area (Å²) in [7, 11) is 0. The van der Waals surface area contributed by atoms with E-state index in [1.165, 1.54) is 12.1 Å². The highest BCUT2D eigenvalue weighted by atomic mass is 19.2. The summed E-state index contributed by atoms with van der Waals surface area (Å²) >= 11 is 0. The Morgan fingerprint density at radius 2 is 1.17 bits per heavy atom. The van der Waals surface area contributed by atoms with Gasteiger partial charge in [0.2, 0.25) is 0 Å². The molecule has 1 aromatic carbocycles. The zero-order valence-corrected chi connectivity index (χ0v) is 20.3. The first-order valence-electron chi connectivity index (χ1n) is 11.8. The Kier molecular flexibility index (Phi) is 6.13. The summed E-state index contributed by atoms with van der Waals surface area (Å²) in [6, 6.07) is 6.40. The molecule has 0 spiro atoms. The molecule has 0 aliphatic carbocycles. The molecule has 6 rings (SSSR count). The molecule has 0 N–H and O–H groups in total. The number of aliphatic imine (C=N–C) groups is 4. The van der Waals surface area contributed by atoms with Crippen molar-refractivity contribution in [1.29, 1.82) is 0 Å². The van der Waals surface area contributed by atoms with Gasteiger partial charge in [0.05, 0.1) is 11.4 Å². The molecule has 0 aromatic heterocycles. The van der Waals surface area contributed by atoms with E-state index in [-0.39, 0.29) is 29.0 Å². The van der Waals surface area contributed by atoms with Crippen LogP contribution in [0.2, 0.25) is 0 Å². The molecule has 0 atom stereocenters. The lowest BCUT2D eigenvalue weighted by Crippen LogP contribution is -2.01. The predicted molar refractivity (Wildman–Crippen MR) is 138 cm³/mol. The smallest absolute Gasteiger partial charge is 0.189 e. The van der Waals surface area contributed by atoms with Crippen molar-refractivity contribution >= 4 is 28.4 Å². The summed E-state index contributed by atoms with van der Waals surface area (Å²) in [4.78, 5) is 14.3. The molecular weight excluding hydrogens is 556 g/mol. The van der Waals surface area contributed by atoms with E-state index in [0.29, 0.717) is 5.56 Å². The van der Waals surface area contributed by atoms with Gasteiger partial charge < -0.3 is 0 Å². The van der Waals surface area contributed by atoms with Gasteiger partial charge in [0.25, 0.3) is 0 Å². The molecule has 8 bridgehead atoms. The average Bonchev–Trinajstić information content (AvgIpc) is 3.70. The van der Waals surface area contributed by atoms with Gasteiger partial charge in [-0.3, -0.25) is 0 Å². The van der Waals surface area contributed by atoms with Crippen molar-refractivity contribution in [1.82, 2.24) is 0 Å². The van der Waals surface area contributed by atoms with Crippen LogP contribution in [-0.2, 0) is 6.42 Å². The first kappa shape index (κ1) is 26.2. The quantitative estimate of drug-likeness (QED) is 0.261. The van der Waals surface area contributed by atoms with Crippen molar-refractivity contribution in [2.24, 2.45) is 20.0 Å². The van der Waals surface area contributed by atoms with E-state index in [4.69, 9.17) is 0 Å². The Hall–Kier alpha value is -5.00. The molecule has 0 amide bonds. The van der Waals surface area contributed by atoms with E-state index in [1.807, 2.05) is 0 Å². The molecule has 0 radical (unpaired) electrons. The number of rotatable bonds is 3. The number of fused-ring (bicyclic) bond motifs is 4. The topological polar surface area (TPSA) is 49.4 Å². The molecule has 41 heavy (non-hydrogen) atoms. The molecule has 12 heteroatoms. The van der Waals surface area contributed by atoms with Crippen molar-refractivity contribution in [3.05, 3.63) is 136 Å². The van der Waals surface area contributed by atoms with Crippen LogP contribution >= 0.6 is 0 Å². The Morgan fingerprint density at radius 1 is 0.585 bits per heavy atom. The second kappa shape index (κ2) is 9.58. The third-order valence-electron chi connectivity index (χ3n) is 6.44. The molecule has 4 nitrogen and oxygen atoms in total. The first-order chi connectivity index (χ1) is 19.6. The van der Waals surface area contributed by atoms with Gasteiger partial charge in [-0.05, 0) is 35.8 Å². The van der Waals surface area contributed by atoms with E-state index >= 15 is 17.6 Å². The molecule has 204 valence electrons. The van der Waals surface area contributed by atoms with E-state index in [0.717, 1.165) is 12.2 Å². The van der Waals surface area contributed by atoms with Gasteiger partial charge in [-0.15, -0.1) is 6.58 Å². The van der Waals surface area contributed by atoms with Gasteiger partial charge in [-0.2, -0.15) is 0 Å². The molecule has 1 aromatic rings. The standard InChI is InChI=1S/C29H12F8N4/c1-2-5-11-6-3-4-7-13(11)16-15-10-12-8-9-14(38-12)17(30)25-19(32)20(33)28(40-25)24(37)29-22(35)21(34)27(41-29)23(36)26(39-15)18(16)31/h2-4,6-10H,1,5H2. The van der Waals surface area contributed by atoms with Crippen LogP contribution in [0.5, 0.6) is 0 Å². The Bertz CT molecular complexity index is 1890. The fraction of sp³-hybridized carbons (Fsp3) is 0.0345. The van der Waals surface area contributed by atoms with Crippen molar-refractivity contribution in [3.8, 4) is 0 Å². The summed E-state index contributed by atoms with van der Waals surface area (Å²) in [6.07, 6.45) is 5.24. The van der Waals surface area contributed by atoms with Gasteiger partial charge in [-0.1, -0.05) is 30.3 Å². The second-order valence-corrected chi connectivity index (χ2v) is 8.90. The summed E-state index contributed by atoms with van der Waals surface area (Å²) in [6.45, 7) is 3.66.